The van der Waals surface area contributed by atoms with Crippen LogP contribution in [-0.2, 0) is 17.7 Å². The van der Waals surface area contributed by atoms with Gasteiger partial charge >= 0.3 is 0 Å². The second-order valence-electron chi connectivity index (χ2n) is 5.59. The molecule has 0 bridgehead atoms. The van der Waals surface area contributed by atoms with E-state index in [0.29, 0.717) is 6.42 Å². The maximum absolute atomic E-state index is 10.6. The zero-order chi connectivity index (χ0) is 13.7. The summed E-state index contributed by atoms with van der Waals surface area (Å²) in [6.07, 6.45) is 10.5. The maximum atomic E-state index is 10.6. The minimum Gasteiger partial charge on any atom is -0.390 e. The van der Waals surface area contributed by atoms with Crippen LogP contribution in [0.5, 0.6) is 0 Å². The molecule has 0 radical (unpaired) electrons. The monoisotopic (exact) mass is 266 g/mol. The highest BCUT2D eigenvalue weighted by Crippen LogP contribution is 2.35. The van der Waals surface area contributed by atoms with Gasteiger partial charge in [0.25, 0.3) is 0 Å². The number of ether oxygens (including phenoxy) is 1. The van der Waals surface area contributed by atoms with Crippen LogP contribution in [0.15, 0.2) is 12.4 Å². The highest BCUT2D eigenvalue weighted by molar-refractivity contribution is 5.00. The molecule has 108 valence electrons. The lowest BCUT2D eigenvalue weighted by Crippen LogP contribution is -2.47. The van der Waals surface area contributed by atoms with Gasteiger partial charge in [-0.1, -0.05) is 26.2 Å². The van der Waals surface area contributed by atoms with E-state index in [2.05, 4.69) is 16.5 Å². The predicted octanol–water partition coefficient (Wildman–Crippen LogP) is 2.55. The van der Waals surface area contributed by atoms with Gasteiger partial charge in [-0.15, -0.1) is 0 Å². The second kappa shape index (κ2) is 6.53. The summed E-state index contributed by atoms with van der Waals surface area (Å²) in [6.45, 7) is 3.11. The van der Waals surface area contributed by atoms with Crippen molar-refractivity contribution < 1.29 is 9.84 Å². The van der Waals surface area contributed by atoms with Gasteiger partial charge < -0.3 is 14.4 Å². The summed E-state index contributed by atoms with van der Waals surface area (Å²) in [7, 11) is 1.73. The first-order chi connectivity index (χ1) is 9.22. The molecule has 0 amide bonds. The molecule has 1 N–H and O–H groups in total. The van der Waals surface area contributed by atoms with Crippen molar-refractivity contribution in [3.05, 3.63) is 18.2 Å². The number of imidazole rings is 1. The van der Waals surface area contributed by atoms with Crippen LogP contribution in [0.2, 0.25) is 0 Å². The lowest BCUT2D eigenvalue weighted by Gasteiger charge is -2.39. The number of aromatic nitrogens is 2. The molecule has 4 heteroatoms. The summed E-state index contributed by atoms with van der Waals surface area (Å²) in [5, 5.41) is 10.6. The van der Waals surface area contributed by atoms with Crippen molar-refractivity contribution in [1.29, 1.82) is 0 Å². The molecule has 0 spiro atoms. The van der Waals surface area contributed by atoms with Gasteiger partial charge in [0.2, 0.25) is 0 Å². The number of rotatable bonds is 6. The van der Waals surface area contributed by atoms with E-state index in [0.717, 1.165) is 44.5 Å². The number of hydrogen-bond acceptors (Lipinski definition) is 3. The van der Waals surface area contributed by atoms with Crippen LogP contribution in [0.3, 0.4) is 0 Å². The normalized spacial score (nSPS) is 20.4. The van der Waals surface area contributed by atoms with Crippen molar-refractivity contribution in [2.45, 2.75) is 70.1 Å². The number of aliphatic hydroxyl groups is 1. The molecular weight excluding hydrogens is 240 g/mol. The molecule has 1 aromatic heterocycles. The molecule has 1 heterocycles. The number of aliphatic hydroxyl groups excluding tert-OH is 1. The van der Waals surface area contributed by atoms with Crippen molar-refractivity contribution in [1.82, 2.24) is 9.55 Å². The number of nitrogens with zero attached hydrogens (tertiary/aromatic N) is 2. The molecule has 4 nitrogen and oxygen atoms in total. The van der Waals surface area contributed by atoms with Crippen LogP contribution in [0.4, 0.5) is 0 Å². The molecule has 2 rings (SSSR count). The summed E-state index contributed by atoms with van der Waals surface area (Å²) in [6, 6.07) is 0. The van der Waals surface area contributed by atoms with E-state index in [1.54, 1.807) is 7.11 Å². The minimum absolute atomic E-state index is 0.360. The lowest BCUT2D eigenvalue weighted by molar-refractivity contribution is -0.122. The number of aryl methyl sites for hydroxylation is 1. The van der Waals surface area contributed by atoms with Crippen LogP contribution < -0.4 is 0 Å². The van der Waals surface area contributed by atoms with Gasteiger partial charge in [0.1, 0.15) is 5.82 Å². The summed E-state index contributed by atoms with van der Waals surface area (Å²) in [4.78, 5) is 4.38. The Kier molecular flexibility index (Phi) is 4.99. The van der Waals surface area contributed by atoms with Gasteiger partial charge in [0, 0.05) is 32.5 Å². The molecule has 0 aliphatic heterocycles. The van der Waals surface area contributed by atoms with E-state index in [1.165, 1.54) is 6.42 Å². The first-order valence-electron chi connectivity index (χ1n) is 7.45. The zero-order valence-electron chi connectivity index (χ0n) is 12.1. The zero-order valence-corrected chi connectivity index (χ0v) is 12.1. The third-order valence-corrected chi connectivity index (χ3v) is 4.36. The average molecular weight is 266 g/mol. The Bertz CT molecular complexity index is 383. The van der Waals surface area contributed by atoms with Gasteiger partial charge in [-0.3, -0.25) is 0 Å². The Morgan fingerprint density at radius 1 is 1.42 bits per heavy atom. The van der Waals surface area contributed by atoms with Gasteiger partial charge in [-0.2, -0.15) is 0 Å². The third-order valence-electron chi connectivity index (χ3n) is 4.36. The maximum Gasteiger partial charge on any atom is 0.111 e. The molecule has 1 saturated carbocycles. The summed E-state index contributed by atoms with van der Waals surface area (Å²) in [5.74, 6) is 0.969. The highest BCUT2D eigenvalue weighted by atomic mass is 16.5. The van der Waals surface area contributed by atoms with Crippen molar-refractivity contribution in [3.8, 4) is 0 Å². The van der Waals surface area contributed by atoms with Gasteiger partial charge in [-0.05, 0) is 19.3 Å². The van der Waals surface area contributed by atoms with Crippen LogP contribution >= 0.6 is 0 Å². The molecule has 1 aliphatic carbocycles. The Balaban J connectivity index is 2.06. The SMILES string of the molecule is CCCn1ccnc1CC(O)C1(OC)CCCCC1. The molecule has 1 fully saturated rings. The Morgan fingerprint density at radius 2 is 2.16 bits per heavy atom. The smallest absolute Gasteiger partial charge is 0.111 e. The van der Waals surface area contributed by atoms with E-state index in [4.69, 9.17) is 4.74 Å². The molecule has 1 atom stereocenters. The van der Waals surface area contributed by atoms with Crippen molar-refractivity contribution in [2.75, 3.05) is 7.11 Å². The standard InChI is InChI=1S/C15H26N2O2/c1-3-10-17-11-9-16-14(17)12-13(18)15(19-2)7-5-4-6-8-15/h9,11,13,18H,3-8,10,12H2,1-2H3. The first-order valence-corrected chi connectivity index (χ1v) is 7.45. The van der Waals surface area contributed by atoms with Crippen LogP contribution in [0.25, 0.3) is 0 Å². The van der Waals surface area contributed by atoms with E-state index in [1.807, 2.05) is 12.4 Å². The van der Waals surface area contributed by atoms with Gasteiger partial charge in [0.15, 0.2) is 0 Å². The second-order valence-corrected chi connectivity index (χ2v) is 5.59. The number of methoxy groups -OCH3 is 1. The highest BCUT2D eigenvalue weighted by Gasteiger charge is 2.39. The van der Waals surface area contributed by atoms with Crippen molar-refractivity contribution in [3.63, 3.8) is 0 Å². The Hall–Kier alpha value is -0.870. The van der Waals surface area contributed by atoms with Crippen LogP contribution in [0, 0.1) is 0 Å². The predicted molar refractivity (Wildman–Crippen MR) is 75.1 cm³/mol. The summed E-state index contributed by atoms with van der Waals surface area (Å²) in [5.41, 5.74) is -0.360. The van der Waals surface area contributed by atoms with Crippen LogP contribution in [-0.4, -0.2) is 33.5 Å². The quantitative estimate of drug-likeness (QED) is 0.860. The molecular formula is C15H26N2O2. The van der Waals surface area contributed by atoms with Crippen LogP contribution in [0.1, 0.15) is 51.3 Å². The van der Waals surface area contributed by atoms with Gasteiger partial charge in [-0.25, -0.2) is 4.98 Å². The van der Waals surface area contributed by atoms with Crippen molar-refractivity contribution in [2.24, 2.45) is 0 Å². The van der Waals surface area contributed by atoms with E-state index in [9.17, 15) is 5.11 Å². The lowest BCUT2D eigenvalue weighted by atomic mass is 9.79. The fourth-order valence-corrected chi connectivity index (χ4v) is 3.16. The fraction of sp³-hybridized carbons (Fsp3) is 0.800. The molecule has 1 aromatic rings. The van der Waals surface area contributed by atoms with E-state index < -0.39 is 6.10 Å². The van der Waals surface area contributed by atoms with E-state index in [-0.39, 0.29) is 5.60 Å². The summed E-state index contributed by atoms with van der Waals surface area (Å²) >= 11 is 0. The average Bonchev–Trinajstić information content (AvgIpc) is 2.87. The van der Waals surface area contributed by atoms with Crippen molar-refractivity contribution >= 4 is 0 Å². The minimum atomic E-state index is -0.462. The molecule has 1 unspecified atom stereocenters. The summed E-state index contributed by atoms with van der Waals surface area (Å²) < 4.78 is 7.84. The van der Waals surface area contributed by atoms with Gasteiger partial charge in [0.05, 0.1) is 11.7 Å². The molecule has 1 aliphatic rings. The molecule has 0 saturated heterocycles. The first kappa shape index (κ1) is 14.5. The molecule has 0 aromatic carbocycles. The molecule has 19 heavy (non-hydrogen) atoms. The third kappa shape index (κ3) is 3.18. The fourth-order valence-electron chi connectivity index (χ4n) is 3.16. The number of hydrogen-bond donors (Lipinski definition) is 1. The largest absolute Gasteiger partial charge is 0.390 e. The Morgan fingerprint density at radius 3 is 2.79 bits per heavy atom. The topological polar surface area (TPSA) is 47.3 Å². The Labute approximate surface area is 115 Å². The van der Waals surface area contributed by atoms with E-state index >= 15 is 0 Å².